The van der Waals surface area contributed by atoms with Crippen molar-refractivity contribution in [3.05, 3.63) is 95.6 Å². The molecule has 1 atom stereocenters. The van der Waals surface area contributed by atoms with Gasteiger partial charge in [-0.15, -0.1) is 0 Å². The predicted molar refractivity (Wildman–Crippen MR) is 135 cm³/mol. The molecule has 2 fully saturated rings. The maximum absolute atomic E-state index is 13.9. The predicted octanol–water partition coefficient (Wildman–Crippen LogP) is 3.62. The fourth-order valence-electron chi connectivity index (χ4n) is 5.56. The van der Waals surface area contributed by atoms with Gasteiger partial charge in [-0.25, -0.2) is 4.79 Å². The molecule has 0 spiro atoms. The summed E-state index contributed by atoms with van der Waals surface area (Å²) in [6.07, 6.45) is 1.63. The number of carbonyl (C=O) groups excluding carboxylic acids is 3. The molecular formula is C29H27N3O5. The first-order valence-corrected chi connectivity index (χ1v) is 12.5. The summed E-state index contributed by atoms with van der Waals surface area (Å²) >= 11 is 0. The summed E-state index contributed by atoms with van der Waals surface area (Å²) in [4.78, 5) is 43.5. The SMILES string of the molecule is O=C1NC(c2ccccc2)(c2ccccc2)C(=O)N1CC(=O)N1CCC[C@@H]1c1ccc2c(c1)OCCO2. The number of amides is 4. The van der Waals surface area contributed by atoms with E-state index < -0.39 is 17.5 Å². The lowest BCUT2D eigenvalue weighted by molar-refractivity contribution is -0.139. The Morgan fingerprint density at radius 2 is 1.54 bits per heavy atom. The van der Waals surface area contributed by atoms with Gasteiger partial charge < -0.3 is 19.7 Å². The maximum Gasteiger partial charge on any atom is 0.326 e. The van der Waals surface area contributed by atoms with Gasteiger partial charge in [0.1, 0.15) is 19.8 Å². The number of urea groups is 1. The van der Waals surface area contributed by atoms with E-state index in [0.29, 0.717) is 42.4 Å². The Balaban J connectivity index is 1.27. The Bertz CT molecular complexity index is 1300. The third kappa shape index (κ3) is 3.89. The molecule has 3 aliphatic rings. The first-order chi connectivity index (χ1) is 18.1. The quantitative estimate of drug-likeness (QED) is 0.544. The first kappa shape index (κ1) is 23.1. The Morgan fingerprint density at radius 3 is 2.22 bits per heavy atom. The van der Waals surface area contributed by atoms with Gasteiger partial charge in [-0.1, -0.05) is 66.7 Å². The van der Waals surface area contributed by atoms with E-state index in [1.165, 1.54) is 0 Å². The third-order valence-corrected chi connectivity index (χ3v) is 7.34. The molecule has 0 bridgehead atoms. The van der Waals surface area contributed by atoms with Crippen molar-refractivity contribution < 1.29 is 23.9 Å². The van der Waals surface area contributed by atoms with Gasteiger partial charge in [0.25, 0.3) is 5.91 Å². The zero-order chi connectivity index (χ0) is 25.4. The number of imide groups is 1. The molecule has 2 saturated heterocycles. The van der Waals surface area contributed by atoms with Crippen LogP contribution in [-0.2, 0) is 15.1 Å². The number of fused-ring (bicyclic) bond motifs is 1. The molecule has 1 N–H and O–H groups in total. The lowest BCUT2D eigenvalue weighted by Gasteiger charge is -2.29. The molecule has 0 aliphatic carbocycles. The third-order valence-electron chi connectivity index (χ3n) is 7.34. The molecule has 8 heteroatoms. The minimum atomic E-state index is -1.39. The van der Waals surface area contributed by atoms with Crippen molar-refractivity contribution in [1.82, 2.24) is 15.1 Å². The van der Waals surface area contributed by atoms with Crippen LogP contribution in [0.3, 0.4) is 0 Å². The van der Waals surface area contributed by atoms with E-state index in [-0.39, 0.29) is 18.5 Å². The van der Waals surface area contributed by atoms with Crippen LogP contribution in [-0.4, -0.2) is 53.9 Å². The highest BCUT2D eigenvalue weighted by atomic mass is 16.6. The second-order valence-electron chi connectivity index (χ2n) is 9.45. The van der Waals surface area contributed by atoms with Crippen LogP contribution < -0.4 is 14.8 Å². The Hall–Kier alpha value is -4.33. The van der Waals surface area contributed by atoms with E-state index in [1.54, 1.807) is 4.90 Å². The van der Waals surface area contributed by atoms with E-state index in [0.717, 1.165) is 23.3 Å². The van der Waals surface area contributed by atoms with Crippen molar-refractivity contribution in [2.24, 2.45) is 0 Å². The van der Waals surface area contributed by atoms with Crippen molar-refractivity contribution in [2.75, 3.05) is 26.3 Å². The molecule has 3 heterocycles. The van der Waals surface area contributed by atoms with Crippen LogP contribution in [0.25, 0.3) is 0 Å². The van der Waals surface area contributed by atoms with Gasteiger partial charge in [0.15, 0.2) is 17.0 Å². The number of hydrogen-bond donors (Lipinski definition) is 1. The molecule has 0 aromatic heterocycles. The summed E-state index contributed by atoms with van der Waals surface area (Å²) in [6.45, 7) is 1.23. The van der Waals surface area contributed by atoms with Gasteiger partial charge in [0.2, 0.25) is 5.91 Å². The summed E-state index contributed by atoms with van der Waals surface area (Å²) in [6, 6.07) is 23.3. The van der Waals surface area contributed by atoms with Crippen molar-refractivity contribution in [3.63, 3.8) is 0 Å². The molecule has 4 amide bonds. The average molecular weight is 498 g/mol. The van der Waals surface area contributed by atoms with Gasteiger partial charge in [-0.3, -0.25) is 14.5 Å². The molecule has 0 radical (unpaired) electrons. The largest absolute Gasteiger partial charge is 0.486 e. The van der Waals surface area contributed by atoms with Crippen LogP contribution in [0.5, 0.6) is 11.5 Å². The lowest BCUT2D eigenvalue weighted by atomic mass is 9.82. The molecule has 8 nitrogen and oxygen atoms in total. The van der Waals surface area contributed by atoms with Crippen LogP contribution in [0.15, 0.2) is 78.9 Å². The van der Waals surface area contributed by atoms with Crippen LogP contribution in [0.2, 0.25) is 0 Å². The molecular weight excluding hydrogens is 470 g/mol. The Morgan fingerprint density at radius 1 is 0.892 bits per heavy atom. The highest BCUT2D eigenvalue weighted by Crippen LogP contribution is 2.39. The fourth-order valence-corrected chi connectivity index (χ4v) is 5.56. The van der Waals surface area contributed by atoms with Crippen molar-refractivity contribution in [3.8, 4) is 11.5 Å². The minimum Gasteiger partial charge on any atom is -0.486 e. The molecule has 3 aliphatic heterocycles. The minimum absolute atomic E-state index is 0.155. The van der Waals surface area contributed by atoms with Crippen molar-refractivity contribution in [1.29, 1.82) is 0 Å². The standard InChI is InChI=1S/C29H27N3O5/c33-26(31-15-7-12-23(31)20-13-14-24-25(18-20)37-17-16-36-24)19-32-27(34)29(30-28(32)35,21-8-3-1-4-9-21)22-10-5-2-6-11-22/h1-6,8-11,13-14,18,23H,7,12,15-17,19H2,(H,30,35)/t23-/m1/s1. The lowest BCUT2D eigenvalue weighted by Crippen LogP contribution is -2.46. The number of nitrogens with one attached hydrogen (secondary N) is 1. The Labute approximate surface area is 214 Å². The van der Waals surface area contributed by atoms with Crippen LogP contribution in [0, 0.1) is 0 Å². The molecule has 6 rings (SSSR count). The van der Waals surface area contributed by atoms with Gasteiger partial charge in [-0.05, 0) is 41.7 Å². The van der Waals surface area contributed by atoms with Crippen molar-refractivity contribution in [2.45, 2.75) is 24.4 Å². The number of ether oxygens (including phenoxy) is 2. The van der Waals surface area contributed by atoms with Gasteiger partial charge in [0.05, 0.1) is 6.04 Å². The fraction of sp³-hybridized carbons (Fsp3) is 0.276. The first-order valence-electron chi connectivity index (χ1n) is 12.5. The van der Waals surface area contributed by atoms with E-state index in [9.17, 15) is 14.4 Å². The zero-order valence-electron chi connectivity index (χ0n) is 20.3. The summed E-state index contributed by atoms with van der Waals surface area (Å²) in [5, 5.41) is 2.91. The van der Waals surface area contributed by atoms with Crippen molar-refractivity contribution >= 4 is 17.8 Å². The second-order valence-corrected chi connectivity index (χ2v) is 9.45. The second kappa shape index (κ2) is 9.28. The molecule has 3 aromatic rings. The van der Waals surface area contributed by atoms with Crippen LogP contribution in [0.4, 0.5) is 4.79 Å². The topological polar surface area (TPSA) is 88.2 Å². The number of benzene rings is 3. The van der Waals surface area contributed by atoms with Gasteiger partial charge in [0, 0.05) is 6.54 Å². The number of nitrogens with zero attached hydrogens (tertiary/aromatic N) is 2. The molecule has 37 heavy (non-hydrogen) atoms. The van der Waals surface area contributed by atoms with Crippen LogP contribution in [0.1, 0.15) is 35.6 Å². The number of hydrogen-bond acceptors (Lipinski definition) is 5. The average Bonchev–Trinajstić information content (AvgIpc) is 3.54. The normalized spacial score (nSPS) is 20.2. The highest BCUT2D eigenvalue weighted by molar-refractivity contribution is 6.11. The number of rotatable bonds is 5. The molecule has 0 unspecified atom stereocenters. The maximum atomic E-state index is 13.9. The van der Waals surface area contributed by atoms with E-state index in [2.05, 4.69) is 5.32 Å². The van der Waals surface area contributed by atoms with Gasteiger partial charge in [-0.2, -0.15) is 0 Å². The van der Waals surface area contributed by atoms with Gasteiger partial charge >= 0.3 is 6.03 Å². The van der Waals surface area contributed by atoms with E-state index in [1.807, 2.05) is 78.9 Å². The van der Waals surface area contributed by atoms with E-state index >= 15 is 0 Å². The highest BCUT2D eigenvalue weighted by Gasteiger charge is 2.54. The summed E-state index contributed by atoms with van der Waals surface area (Å²) in [5.41, 5.74) is 0.852. The smallest absolute Gasteiger partial charge is 0.326 e. The summed E-state index contributed by atoms with van der Waals surface area (Å²) in [5.74, 6) is 0.646. The summed E-state index contributed by atoms with van der Waals surface area (Å²) < 4.78 is 11.4. The zero-order valence-corrected chi connectivity index (χ0v) is 20.3. The Kier molecular flexibility index (Phi) is 5.79. The number of carbonyl (C=O) groups is 3. The van der Waals surface area contributed by atoms with E-state index in [4.69, 9.17) is 9.47 Å². The number of likely N-dealkylation sites (tertiary alicyclic amines) is 1. The van der Waals surface area contributed by atoms with Crippen LogP contribution >= 0.6 is 0 Å². The monoisotopic (exact) mass is 497 g/mol. The molecule has 3 aromatic carbocycles. The summed E-state index contributed by atoms with van der Waals surface area (Å²) in [7, 11) is 0. The molecule has 0 saturated carbocycles. The molecule has 188 valence electrons.